The Hall–Kier alpha value is -3.25. The van der Waals surface area contributed by atoms with Gasteiger partial charge in [0.2, 0.25) is 5.95 Å². The van der Waals surface area contributed by atoms with Gasteiger partial charge < -0.3 is 10.4 Å². The Kier molecular flexibility index (Phi) is 6.49. The molecule has 1 heterocycles. The molecule has 0 saturated heterocycles. The molecule has 0 aliphatic carbocycles. The fourth-order valence-electron chi connectivity index (χ4n) is 2.65. The number of carbonyl (C=O) groups is 1. The summed E-state index contributed by atoms with van der Waals surface area (Å²) in [5.74, 6) is -0.331. The van der Waals surface area contributed by atoms with Crippen LogP contribution in [0.5, 0.6) is 0 Å². The first-order chi connectivity index (χ1) is 13.2. The van der Waals surface area contributed by atoms with Crippen LogP contribution < -0.4 is 10.6 Å². The lowest BCUT2D eigenvalue weighted by Crippen LogP contribution is -2.38. The summed E-state index contributed by atoms with van der Waals surface area (Å²) in [6.07, 6.45) is 3.83. The van der Waals surface area contributed by atoms with E-state index >= 15 is 0 Å². The molecule has 3 rings (SSSR count). The van der Waals surface area contributed by atoms with Crippen molar-refractivity contribution in [3.63, 3.8) is 0 Å². The minimum Gasteiger partial charge on any atom is -0.480 e. The Morgan fingerprint density at radius 2 is 1.44 bits per heavy atom. The summed E-state index contributed by atoms with van der Waals surface area (Å²) in [5.41, 5.74) is 2.96. The van der Waals surface area contributed by atoms with Gasteiger partial charge in [0.05, 0.1) is 0 Å². The minimum absolute atomic E-state index is 0.392. The summed E-state index contributed by atoms with van der Waals surface area (Å²) in [5, 5.41) is 15.7. The van der Waals surface area contributed by atoms with Gasteiger partial charge in [-0.3, -0.25) is 10.1 Å². The van der Waals surface area contributed by atoms with Crippen molar-refractivity contribution in [3.8, 4) is 0 Å². The quantitative estimate of drug-likeness (QED) is 0.543. The van der Waals surface area contributed by atoms with E-state index < -0.39 is 12.0 Å². The van der Waals surface area contributed by atoms with Crippen molar-refractivity contribution in [2.75, 3.05) is 5.32 Å². The van der Waals surface area contributed by atoms with Gasteiger partial charge in [-0.25, -0.2) is 9.97 Å². The van der Waals surface area contributed by atoms with Crippen molar-refractivity contribution in [1.29, 1.82) is 0 Å². The zero-order valence-corrected chi connectivity index (χ0v) is 14.9. The average Bonchev–Trinajstić information content (AvgIpc) is 2.71. The lowest BCUT2D eigenvalue weighted by molar-refractivity contribution is -0.139. The molecule has 6 heteroatoms. The molecule has 2 aromatic carbocycles. The number of aliphatic carboxylic acids is 1. The number of aromatic nitrogens is 2. The number of hydrogen-bond donors (Lipinski definition) is 3. The number of carboxylic acid groups (broad SMARTS) is 1. The molecule has 0 aliphatic heterocycles. The second-order valence-corrected chi connectivity index (χ2v) is 6.22. The van der Waals surface area contributed by atoms with Crippen LogP contribution in [-0.2, 0) is 24.3 Å². The van der Waals surface area contributed by atoms with Gasteiger partial charge in [0, 0.05) is 31.0 Å². The zero-order valence-electron chi connectivity index (χ0n) is 14.9. The van der Waals surface area contributed by atoms with E-state index in [1.807, 2.05) is 60.7 Å². The Morgan fingerprint density at radius 1 is 0.852 bits per heavy atom. The Bertz CT molecular complexity index is 839. The molecule has 0 spiro atoms. The van der Waals surface area contributed by atoms with E-state index in [4.69, 9.17) is 0 Å². The number of rotatable bonds is 9. The van der Waals surface area contributed by atoms with Gasteiger partial charge in [0.1, 0.15) is 6.04 Å². The highest BCUT2D eigenvalue weighted by Crippen LogP contribution is 2.07. The molecule has 27 heavy (non-hydrogen) atoms. The maximum atomic E-state index is 11.5. The topological polar surface area (TPSA) is 87.1 Å². The van der Waals surface area contributed by atoms with Crippen LogP contribution in [0, 0.1) is 0 Å². The van der Waals surface area contributed by atoms with Crippen molar-refractivity contribution < 1.29 is 9.90 Å². The summed E-state index contributed by atoms with van der Waals surface area (Å²) >= 11 is 0. The molecule has 3 aromatic rings. The van der Waals surface area contributed by atoms with Crippen molar-refractivity contribution >= 4 is 11.9 Å². The molecule has 0 fully saturated rings. The number of benzene rings is 2. The standard InChI is InChI=1S/C21H22N4O2/c26-20(27)19(11-16-7-3-1-4-8-16)22-13-18-14-24-21(25-15-18)23-12-17-9-5-2-6-10-17/h1-10,14-15,19,22H,11-13H2,(H,26,27)(H,23,24,25). The van der Waals surface area contributed by atoms with E-state index in [0.29, 0.717) is 25.5 Å². The highest BCUT2D eigenvalue weighted by molar-refractivity contribution is 5.73. The van der Waals surface area contributed by atoms with Crippen molar-refractivity contribution in [2.45, 2.75) is 25.6 Å². The molecule has 0 aliphatic rings. The van der Waals surface area contributed by atoms with Crippen molar-refractivity contribution in [2.24, 2.45) is 0 Å². The summed E-state index contributed by atoms with van der Waals surface area (Å²) in [4.78, 5) is 20.1. The molecule has 1 atom stereocenters. The van der Waals surface area contributed by atoms with E-state index in [-0.39, 0.29) is 0 Å². The third-order valence-corrected chi connectivity index (χ3v) is 4.13. The molecule has 0 amide bonds. The van der Waals surface area contributed by atoms with Gasteiger partial charge in [0.15, 0.2) is 0 Å². The minimum atomic E-state index is -0.874. The summed E-state index contributed by atoms with van der Waals surface area (Å²) in [6, 6.07) is 18.9. The maximum Gasteiger partial charge on any atom is 0.321 e. The van der Waals surface area contributed by atoms with Crippen LogP contribution >= 0.6 is 0 Å². The first kappa shape index (κ1) is 18.5. The van der Waals surface area contributed by atoms with Crippen LogP contribution in [-0.4, -0.2) is 27.1 Å². The van der Waals surface area contributed by atoms with Crippen LogP contribution in [0.1, 0.15) is 16.7 Å². The van der Waals surface area contributed by atoms with Crippen molar-refractivity contribution in [3.05, 3.63) is 89.7 Å². The smallest absolute Gasteiger partial charge is 0.321 e. The number of hydrogen-bond acceptors (Lipinski definition) is 5. The number of carboxylic acids is 1. The van der Waals surface area contributed by atoms with Crippen LogP contribution in [0.25, 0.3) is 0 Å². The SMILES string of the molecule is O=C(O)C(Cc1ccccc1)NCc1cnc(NCc2ccccc2)nc1. The highest BCUT2D eigenvalue weighted by Gasteiger charge is 2.17. The van der Waals surface area contributed by atoms with Gasteiger partial charge in [0.25, 0.3) is 0 Å². The van der Waals surface area contributed by atoms with E-state index in [2.05, 4.69) is 20.6 Å². The normalized spacial score (nSPS) is 11.7. The van der Waals surface area contributed by atoms with Crippen LogP contribution in [0.2, 0.25) is 0 Å². The van der Waals surface area contributed by atoms with E-state index in [9.17, 15) is 9.90 Å². The molecule has 0 radical (unpaired) electrons. The highest BCUT2D eigenvalue weighted by atomic mass is 16.4. The fourth-order valence-corrected chi connectivity index (χ4v) is 2.65. The summed E-state index contributed by atoms with van der Waals surface area (Å²) < 4.78 is 0. The largest absolute Gasteiger partial charge is 0.480 e. The second kappa shape index (κ2) is 9.45. The molecule has 1 aromatic heterocycles. The Labute approximate surface area is 158 Å². The first-order valence-corrected chi connectivity index (χ1v) is 8.79. The van der Waals surface area contributed by atoms with E-state index in [0.717, 1.165) is 16.7 Å². The Balaban J connectivity index is 1.51. The van der Waals surface area contributed by atoms with E-state index in [1.165, 1.54) is 0 Å². The van der Waals surface area contributed by atoms with Crippen LogP contribution in [0.3, 0.4) is 0 Å². The first-order valence-electron chi connectivity index (χ1n) is 8.79. The summed E-state index contributed by atoms with van der Waals surface area (Å²) in [7, 11) is 0. The molecule has 1 unspecified atom stereocenters. The average molecular weight is 362 g/mol. The third-order valence-electron chi connectivity index (χ3n) is 4.13. The molecule has 138 valence electrons. The van der Waals surface area contributed by atoms with Crippen molar-refractivity contribution in [1.82, 2.24) is 15.3 Å². The molecular weight excluding hydrogens is 340 g/mol. The van der Waals surface area contributed by atoms with Gasteiger partial charge in [-0.2, -0.15) is 0 Å². The predicted molar refractivity (Wildman–Crippen MR) is 104 cm³/mol. The van der Waals surface area contributed by atoms with E-state index in [1.54, 1.807) is 12.4 Å². The zero-order chi connectivity index (χ0) is 18.9. The molecule has 0 saturated carbocycles. The summed E-state index contributed by atoms with van der Waals surface area (Å²) in [6.45, 7) is 1.04. The van der Waals surface area contributed by atoms with Gasteiger partial charge in [-0.15, -0.1) is 0 Å². The maximum absolute atomic E-state index is 11.5. The lowest BCUT2D eigenvalue weighted by Gasteiger charge is -2.14. The predicted octanol–water partition coefficient (Wildman–Crippen LogP) is 2.87. The van der Waals surface area contributed by atoms with Crippen LogP contribution in [0.4, 0.5) is 5.95 Å². The monoisotopic (exact) mass is 362 g/mol. The molecule has 6 nitrogen and oxygen atoms in total. The number of nitrogens with one attached hydrogen (secondary N) is 2. The second-order valence-electron chi connectivity index (χ2n) is 6.22. The molecule has 3 N–H and O–H groups in total. The van der Waals surface area contributed by atoms with Gasteiger partial charge in [-0.05, 0) is 17.5 Å². The number of anilines is 1. The third kappa shape index (κ3) is 5.90. The van der Waals surface area contributed by atoms with Crippen LogP contribution in [0.15, 0.2) is 73.1 Å². The molecule has 0 bridgehead atoms. The van der Waals surface area contributed by atoms with Gasteiger partial charge in [-0.1, -0.05) is 60.7 Å². The number of nitrogens with zero attached hydrogens (tertiary/aromatic N) is 2. The Morgan fingerprint density at radius 3 is 2.04 bits per heavy atom. The molecular formula is C21H22N4O2. The fraction of sp³-hybridized carbons (Fsp3) is 0.190. The lowest BCUT2D eigenvalue weighted by atomic mass is 10.1. The van der Waals surface area contributed by atoms with Gasteiger partial charge >= 0.3 is 5.97 Å².